The van der Waals surface area contributed by atoms with Crippen molar-refractivity contribution in [2.24, 2.45) is 0 Å². The lowest BCUT2D eigenvalue weighted by Crippen LogP contribution is -2.24. The van der Waals surface area contributed by atoms with E-state index in [2.05, 4.69) is 16.5 Å². The van der Waals surface area contributed by atoms with Crippen molar-refractivity contribution < 1.29 is 23.3 Å². The van der Waals surface area contributed by atoms with Gasteiger partial charge in [0.15, 0.2) is 0 Å². The summed E-state index contributed by atoms with van der Waals surface area (Å²) in [6.07, 6.45) is -4.70. The van der Waals surface area contributed by atoms with Crippen LogP contribution in [0.1, 0.15) is 0 Å². The third-order valence-corrected chi connectivity index (χ3v) is 0.677. The van der Waals surface area contributed by atoms with Crippen LogP contribution in [0.3, 0.4) is 0 Å². The minimum absolute atomic E-state index is 2.62. The Morgan fingerprint density at radius 2 is 1.88 bits per heavy atom. The molecule has 8 heavy (non-hydrogen) atoms. The lowest BCUT2D eigenvalue weighted by atomic mass is 10.7. The van der Waals surface area contributed by atoms with Gasteiger partial charge in [-0.15, -0.1) is 0 Å². The Morgan fingerprint density at radius 3 is 1.88 bits per heavy atom. The summed E-state index contributed by atoms with van der Waals surface area (Å²) < 4.78 is 33.1. The molecule has 0 aromatic rings. The molecule has 0 heterocycles. The number of hydrogen-bond acceptors (Lipinski definition) is 2. The lowest BCUT2D eigenvalue weighted by Gasteiger charge is -2.07. The first kappa shape index (κ1) is 8.00. The first-order chi connectivity index (χ1) is 3.48. The molecule has 1 unspecified atom stereocenters. The highest BCUT2D eigenvalue weighted by atomic mass is 35.5. The smallest absolute Gasteiger partial charge is 0.250 e. The third-order valence-electron chi connectivity index (χ3n) is 0.350. The van der Waals surface area contributed by atoms with Crippen LogP contribution in [0.25, 0.3) is 0 Å². The Morgan fingerprint density at radius 1 is 1.50 bits per heavy atom. The van der Waals surface area contributed by atoms with E-state index >= 15 is 0 Å². The van der Waals surface area contributed by atoms with Crippen LogP contribution in [-0.4, -0.2) is 17.0 Å². The van der Waals surface area contributed by atoms with Crippen LogP contribution in [-0.2, 0) is 4.89 Å². The number of halogens is 4. The largest absolute Gasteiger partial charge is 0.431 e. The van der Waals surface area contributed by atoms with Crippen molar-refractivity contribution >= 4 is 11.6 Å². The van der Waals surface area contributed by atoms with Gasteiger partial charge in [-0.3, -0.25) is 0 Å². The summed E-state index contributed by atoms with van der Waals surface area (Å²) in [7, 11) is 0. The van der Waals surface area contributed by atoms with Gasteiger partial charge in [0.05, 0.1) is 0 Å². The summed E-state index contributed by atoms with van der Waals surface area (Å²) in [5.41, 5.74) is -2.62. The second kappa shape index (κ2) is 2.52. The molecule has 50 valence electrons. The highest BCUT2D eigenvalue weighted by molar-refractivity contribution is 6.20. The Hall–Kier alpha value is -0.0000000000000000555. The molecule has 0 fully saturated rings. The highest BCUT2D eigenvalue weighted by Crippen LogP contribution is 2.24. The van der Waals surface area contributed by atoms with Crippen LogP contribution in [0.5, 0.6) is 0 Å². The molecule has 0 spiro atoms. The molecule has 0 aliphatic rings. The summed E-state index contributed by atoms with van der Waals surface area (Å²) in [6, 6.07) is 0. The van der Waals surface area contributed by atoms with E-state index < -0.39 is 11.7 Å². The van der Waals surface area contributed by atoms with E-state index in [1.54, 1.807) is 0 Å². The van der Waals surface area contributed by atoms with Crippen molar-refractivity contribution in [1.29, 1.82) is 0 Å². The minimum Gasteiger partial charge on any atom is -0.250 e. The topological polar surface area (TPSA) is 29.5 Å². The van der Waals surface area contributed by atoms with Gasteiger partial charge in [0, 0.05) is 0 Å². The van der Waals surface area contributed by atoms with Gasteiger partial charge in [-0.2, -0.15) is 13.2 Å². The van der Waals surface area contributed by atoms with Gasteiger partial charge in [-0.05, 0) is 0 Å². The van der Waals surface area contributed by atoms with E-state index in [4.69, 9.17) is 5.26 Å². The van der Waals surface area contributed by atoms with Crippen molar-refractivity contribution in [2.75, 3.05) is 0 Å². The van der Waals surface area contributed by atoms with Gasteiger partial charge in [0.2, 0.25) is 0 Å². The van der Waals surface area contributed by atoms with Crippen molar-refractivity contribution in [2.45, 2.75) is 11.7 Å². The molecule has 1 N–H and O–H groups in total. The SMILES string of the molecule is OOC(Cl)C(F)(F)F. The first-order valence-corrected chi connectivity index (χ1v) is 1.93. The predicted octanol–water partition coefficient (Wildman–Crippen LogP) is 1.60. The molecular formula is C2H2ClF3O2. The fourth-order valence-corrected chi connectivity index (χ4v) is 0.0598. The molecule has 0 saturated heterocycles. The van der Waals surface area contributed by atoms with Crippen molar-refractivity contribution in [3.8, 4) is 0 Å². The summed E-state index contributed by atoms with van der Waals surface area (Å²) in [5, 5.41) is 7.32. The van der Waals surface area contributed by atoms with Crippen molar-refractivity contribution in [3.63, 3.8) is 0 Å². The highest BCUT2D eigenvalue weighted by Gasteiger charge is 2.39. The number of alkyl halides is 4. The summed E-state index contributed by atoms with van der Waals surface area (Å²) in [5.74, 6) is 0. The molecule has 2 nitrogen and oxygen atoms in total. The molecule has 6 heteroatoms. The quantitative estimate of drug-likeness (QED) is 0.350. The Bertz CT molecular complexity index is 72.2. The van der Waals surface area contributed by atoms with Gasteiger partial charge in [0.25, 0.3) is 5.56 Å². The molecular weight excluding hydrogens is 148 g/mol. The zero-order chi connectivity index (χ0) is 6.78. The van der Waals surface area contributed by atoms with Crippen LogP contribution in [0.4, 0.5) is 13.2 Å². The second-order valence-corrected chi connectivity index (χ2v) is 1.36. The molecule has 0 aliphatic carbocycles. The van der Waals surface area contributed by atoms with Crippen LogP contribution >= 0.6 is 11.6 Å². The Kier molecular flexibility index (Phi) is 2.52. The van der Waals surface area contributed by atoms with Crippen molar-refractivity contribution in [3.05, 3.63) is 0 Å². The Labute approximate surface area is 47.7 Å². The molecule has 0 amide bonds. The second-order valence-electron chi connectivity index (χ2n) is 0.963. The first-order valence-electron chi connectivity index (χ1n) is 1.49. The normalized spacial score (nSPS) is 16.1. The molecule has 0 aromatic carbocycles. The van der Waals surface area contributed by atoms with E-state index in [1.165, 1.54) is 0 Å². The molecule has 0 saturated carbocycles. The summed E-state index contributed by atoms with van der Waals surface area (Å²) in [4.78, 5) is 2.76. The monoisotopic (exact) mass is 150 g/mol. The maximum Gasteiger partial charge on any atom is 0.431 e. The van der Waals surface area contributed by atoms with E-state index in [-0.39, 0.29) is 0 Å². The zero-order valence-corrected chi connectivity index (χ0v) is 4.20. The maximum absolute atomic E-state index is 11.0. The average molecular weight is 150 g/mol. The Balaban J connectivity index is 3.62. The van der Waals surface area contributed by atoms with Crippen LogP contribution < -0.4 is 0 Å². The third kappa shape index (κ3) is 2.34. The van der Waals surface area contributed by atoms with Gasteiger partial charge in [-0.25, -0.2) is 10.1 Å². The molecule has 0 rings (SSSR count). The molecule has 0 aliphatic heterocycles. The molecule has 0 radical (unpaired) electrons. The molecule has 0 bridgehead atoms. The molecule has 1 atom stereocenters. The summed E-state index contributed by atoms with van der Waals surface area (Å²) in [6.45, 7) is 0. The predicted molar refractivity (Wildman–Crippen MR) is 19.4 cm³/mol. The number of hydrogen-bond donors (Lipinski definition) is 1. The lowest BCUT2D eigenvalue weighted by molar-refractivity contribution is -0.324. The van der Waals surface area contributed by atoms with Crippen LogP contribution in [0.15, 0.2) is 0 Å². The van der Waals surface area contributed by atoms with Crippen LogP contribution in [0, 0.1) is 0 Å². The number of rotatable bonds is 1. The fourth-order valence-electron chi connectivity index (χ4n) is 0.0598. The fraction of sp³-hybridized carbons (Fsp3) is 1.00. The molecule has 0 aromatic heterocycles. The van der Waals surface area contributed by atoms with Gasteiger partial charge >= 0.3 is 6.18 Å². The minimum atomic E-state index is -4.70. The zero-order valence-electron chi connectivity index (χ0n) is 3.44. The standard InChI is InChI=1S/C2H2ClF3O2/c3-1(8-7)2(4,5)6/h1,7H. The average Bonchev–Trinajstić information content (AvgIpc) is 1.62. The van der Waals surface area contributed by atoms with Gasteiger partial charge in [0.1, 0.15) is 0 Å². The van der Waals surface area contributed by atoms with E-state index in [1.807, 2.05) is 0 Å². The van der Waals surface area contributed by atoms with Crippen LogP contribution in [0.2, 0.25) is 0 Å². The maximum atomic E-state index is 11.0. The van der Waals surface area contributed by atoms with E-state index in [0.717, 1.165) is 0 Å². The van der Waals surface area contributed by atoms with E-state index in [0.29, 0.717) is 0 Å². The van der Waals surface area contributed by atoms with Gasteiger partial charge in [-0.1, -0.05) is 11.6 Å². The van der Waals surface area contributed by atoms with Crippen molar-refractivity contribution in [1.82, 2.24) is 0 Å². The van der Waals surface area contributed by atoms with Gasteiger partial charge < -0.3 is 0 Å². The van der Waals surface area contributed by atoms with E-state index in [9.17, 15) is 13.2 Å². The summed E-state index contributed by atoms with van der Waals surface area (Å²) >= 11 is 4.34.